The first kappa shape index (κ1) is 14.3. The molecule has 108 valence electrons. The van der Waals surface area contributed by atoms with Gasteiger partial charge in [0.2, 0.25) is 5.89 Å². The lowest BCUT2D eigenvalue weighted by Gasteiger charge is -2.29. The van der Waals surface area contributed by atoms with Gasteiger partial charge < -0.3 is 9.84 Å². The predicted molar refractivity (Wildman–Crippen MR) is 62.7 cm³/mol. The van der Waals surface area contributed by atoms with Crippen molar-refractivity contribution in [3.05, 3.63) is 11.7 Å². The summed E-state index contributed by atoms with van der Waals surface area (Å²) in [5.41, 5.74) is 0. The molecular formula is C12H18F3N3O. The number of aromatic nitrogens is 2. The number of likely N-dealkylation sites (N-methyl/N-ethyl adjacent to an activating group) is 1. The molecule has 0 radical (unpaired) electrons. The van der Waals surface area contributed by atoms with Crippen molar-refractivity contribution in [1.82, 2.24) is 15.5 Å². The minimum Gasteiger partial charge on any atom is -0.339 e. The van der Waals surface area contributed by atoms with E-state index in [4.69, 9.17) is 4.52 Å². The van der Waals surface area contributed by atoms with Gasteiger partial charge in [-0.2, -0.15) is 18.2 Å². The van der Waals surface area contributed by atoms with Crippen LogP contribution in [-0.2, 0) is 6.42 Å². The zero-order valence-electron chi connectivity index (χ0n) is 10.8. The average Bonchev–Trinajstić information content (AvgIpc) is 2.76. The number of rotatable bonds is 4. The summed E-state index contributed by atoms with van der Waals surface area (Å²) < 4.78 is 41.8. The third kappa shape index (κ3) is 3.92. The van der Waals surface area contributed by atoms with E-state index >= 15 is 0 Å². The van der Waals surface area contributed by atoms with Crippen LogP contribution in [0, 0.1) is 0 Å². The first-order chi connectivity index (χ1) is 8.99. The third-order valence-corrected chi connectivity index (χ3v) is 3.39. The summed E-state index contributed by atoms with van der Waals surface area (Å²) in [6.45, 7) is 2.83. The average molecular weight is 277 g/mol. The second-order valence-electron chi connectivity index (χ2n) is 4.90. The Bertz CT molecular complexity index is 403. The molecule has 19 heavy (non-hydrogen) atoms. The molecule has 7 heteroatoms. The van der Waals surface area contributed by atoms with Crippen LogP contribution in [0.25, 0.3) is 0 Å². The second kappa shape index (κ2) is 5.90. The van der Waals surface area contributed by atoms with Crippen LogP contribution >= 0.6 is 0 Å². The maximum absolute atomic E-state index is 12.3. The summed E-state index contributed by atoms with van der Waals surface area (Å²) in [6.07, 6.45) is -1.38. The van der Waals surface area contributed by atoms with E-state index in [0.29, 0.717) is 5.89 Å². The Kier molecular flexibility index (Phi) is 4.44. The van der Waals surface area contributed by atoms with E-state index in [2.05, 4.69) is 15.5 Å². The van der Waals surface area contributed by atoms with Crippen molar-refractivity contribution in [2.24, 2.45) is 0 Å². The van der Waals surface area contributed by atoms with E-state index in [0.717, 1.165) is 32.2 Å². The summed E-state index contributed by atoms with van der Waals surface area (Å²) in [5, 5.41) is 6.78. The fourth-order valence-corrected chi connectivity index (χ4v) is 2.60. The lowest BCUT2D eigenvalue weighted by atomic mass is 9.84. The Morgan fingerprint density at radius 2 is 2.05 bits per heavy atom. The van der Waals surface area contributed by atoms with Gasteiger partial charge in [0.05, 0.1) is 5.92 Å². The van der Waals surface area contributed by atoms with Gasteiger partial charge >= 0.3 is 6.18 Å². The molecule has 1 N–H and O–H groups in total. The fraction of sp³-hybridized carbons (Fsp3) is 0.833. The molecule has 2 atom stereocenters. The van der Waals surface area contributed by atoms with Crippen LogP contribution in [0.3, 0.4) is 0 Å². The van der Waals surface area contributed by atoms with E-state index in [1.54, 1.807) is 0 Å². The Hall–Kier alpha value is -1.11. The molecule has 1 aromatic rings. The Labute approximate surface area is 109 Å². The second-order valence-corrected chi connectivity index (χ2v) is 4.90. The first-order valence-electron chi connectivity index (χ1n) is 6.62. The van der Waals surface area contributed by atoms with Gasteiger partial charge in [-0.1, -0.05) is 24.9 Å². The number of hydrogen-bond donors (Lipinski definition) is 1. The quantitative estimate of drug-likeness (QED) is 0.919. The molecule has 1 fully saturated rings. The minimum absolute atomic E-state index is 0.0307. The summed E-state index contributed by atoms with van der Waals surface area (Å²) in [5.74, 6) is 0.0939. The molecule has 1 aliphatic rings. The van der Waals surface area contributed by atoms with Crippen LogP contribution < -0.4 is 5.32 Å². The maximum Gasteiger partial charge on any atom is 0.396 e. The van der Waals surface area contributed by atoms with Crippen molar-refractivity contribution in [2.75, 3.05) is 6.54 Å². The molecule has 2 unspecified atom stereocenters. The summed E-state index contributed by atoms with van der Waals surface area (Å²) >= 11 is 0. The molecule has 0 saturated heterocycles. The molecule has 0 aromatic carbocycles. The van der Waals surface area contributed by atoms with Crippen LogP contribution in [0.15, 0.2) is 4.52 Å². The van der Waals surface area contributed by atoms with Crippen LogP contribution in [-0.4, -0.2) is 28.9 Å². The molecular weight excluding hydrogens is 259 g/mol. The smallest absolute Gasteiger partial charge is 0.339 e. The Morgan fingerprint density at radius 1 is 1.32 bits per heavy atom. The molecule has 1 aromatic heterocycles. The van der Waals surface area contributed by atoms with Crippen LogP contribution in [0.2, 0.25) is 0 Å². The molecule has 1 heterocycles. The monoisotopic (exact) mass is 277 g/mol. The number of halogens is 3. The van der Waals surface area contributed by atoms with Gasteiger partial charge in [-0.3, -0.25) is 0 Å². The number of alkyl halides is 3. The van der Waals surface area contributed by atoms with Crippen molar-refractivity contribution in [2.45, 2.75) is 57.2 Å². The number of nitrogens with one attached hydrogen (secondary N) is 1. The highest BCUT2D eigenvalue weighted by Crippen LogP contribution is 2.32. The predicted octanol–water partition coefficient (Wildman–Crippen LogP) is 2.81. The maximum atomic E-state index is 12.3. The third-order valence-electron chi connectivity index (χ3n) is 3.39. The normalized spacial score (nSPS) is 24.6. The SMILES string of the molecule is CCNC1CCCCC1c1nc(CC(F)(F)F)no1. The summed E-state index contributed by atoms with van der Waals surface area (Å²) in [4.78, 5) is 3.91. The van der Waals surface area contributed by atoms with Gasteiger partial charge in [-0.25, -0.2) is 0 Å². The van der Waals surface area contributed by atoms with Crippen LogP contribution in [0.1, 0.15) is 50.2 Å². The van der Waals surface area contributed by atoms with Gasteiger partial charge in [0.1, 0.15) is 6.42 Å². The number of hydrogen-bond acceptors (Lipinski definition) is 4. The largest absolute Gasteiger partial charge is 0.396 e. The van der Waals surface area contributed by atoms with Crippen molar-refractivity contribution < 1.29 is 17.7 Å². The highest BCUT2D eigenvalue weighted by molar-refractivity contribution is 5.02. The zero-order chi connectivity index (χ0) is 13.9. The molecule has 1 saturated carbocycles. The van der Waals surface area contributed by atoms with Crippen LogP contribution in [0.5, 0.6) is 0 Å². The van der Waals surface area contributed by atoms with E-state index in [-0.39, 0.29) is 17.8 Å². The first-order valence-corrected chi connectivity index (χ1v) is 6.62. The molecule has 0 bridgehead atoms. The molecule has 2 rings (SSSR count). The molecule has 4 nitrogen and oxygen atoms in total. The van der Waals surface area contributed by atoms with Crippen molar-refractivity contribution in [3.8, 4) is 0 Å². The summed E-state index contributed by atoms with van der Waals surface area (Å²) in [6, 6.07) is 0.220. The van der Waals surface area contributed by atoms with Crippen molar-refractivity contribution >= 4 is 0 Å². The van der Waals surface area contributed by atoms with Crippen LogP contribution in [0.4, 0.5) is 13.2 Å². The molecule has 0 aliphatic heterocycles. The lowest BCUT2D eigenvalue weighted by Crippen LogP contribution is -2.37. The van der Waals surface area contributed by atoms with Gasteiger partial charge in [0, 0.05) is 6.04 Å². The van der Waals surface area contributed by atoms with E-state index in [1.165, 1.54) is 0 Å². The molecule has 1 aliphatic carbocycles. The minimum atomic E-state index is -4.30. The van der Waals surface area contributed by atoms with Gasteiger partial charge in [0.25, 0.3) is 0 Å². The zero-order valence-corrected chi connectivity index (χ0v) is 10.8. The number of nitrogens with zero attached hydrogens (tertiary/aromatic N) is 2. The fourth-order valence-electron chi connectivity index (χ4n) is 2.60. The highest BCUT2D eigenvalue weighted by Gasteiger charge is 2.33. The van der Waals surface area contributed by atoms with Gasteiger partial charge in [-0.05, 0) is 19.4 Å². The lowest BCUT2D eigenvalue weighted by molar-refractivity contribution is -0.128. The molecule has 0 spiro atoms. The summed E-state index contributed by atoms with van der Waals surface area (Å²) in [7, 11) is 0. The molecule has 0 amide bonds. The Morgan fingerprint density at radius 3 is 2.74 bits per heavy atom. The van der Waals surface area contributed by atoms with Gasteiger partial charge in [0.15, 0.2) is 5.82 Å². The van der Waals surface area contributed by atoms with Crippen molar-refractivity contribution in [1.29, 1.82) is 0 Å². The Balaban J connectivity index is 2.07. The van der Waals surface area contributed by atoms with E-state index < -0.39 is 12.6 Å². The van der Waals surface area contributed by atoms with E-state index in [1.807, 2.05) is 6.92 Å². The van der Waals surface area contributed by atoms with Crippen molar-refractivity contribution in [3.63, 3.8) is 0 Å². The topological polar surface area (TPSA) is 51.0 Å². The van der Waals surface area contributed by atoms with E-state index in [9.17, 15) is 13.2 Å². The van der Waals surface area contributed by atoms with Gasteiger partial charge in [-0.15, -0.1) is 0 Å². The standard InChI is InChI=1S/C12H18F3N3O/c1-2-16-9-6-4-3-5-8(9)11-17-10(18-19-11)7-12(13,14)15/h8-9,16H,2-7H2,1H3. The highest BCUT2D eigenvalue weighted by atomic mass is 19.4.